The van der Waals surface area contributed by atoms with Crippen LogP contribution in [0.3, 0.4) is 0 Å². The molecule has 1 fully saturated rings. The Morgan fingerprint density at radius 2 is 1.53 bits per heavy atom. The second kappa shape index (κ2) is 8.51. The van der Waals surface area contributed by atoms with E-state index in [0.717, 1.165) is 41.3 Å². The number of ketones is 1. The minimum absolute atomic E-state index is 0.0896. The molecule has 1 unspecified atom stereocenters. The van der Waals surface area contributed by atoms with E-state index in [1.165, 1.54) is 0 Å². The van der Waals surface area contributed by atoms with Crippen LogP contribution in [0, 0.1) is 5.41 Å². The lowest BCUT2D eigenvalue weighted by Crippen LogP contribution is -2.42. The molecule has 3 aromatic rings. The zero-order valence-electron chi connectivity index (χ0n) is 17.6. The quantitative estimate of drug-likeness (QED) is 0.296. The van der Waals surface area contributed by atoms with E-state index in [4.69, 9.17) is 4.74 Å². The lowest BCUT2D eigenvalue weighted by Gasteiger charge is -2.41. The Kier molecular flexibility index (Phi) is 5.56. The Bertz CT molecular complexity index is 1190. The highest BCUT2D eigenvalue weighted by molar-refractivity contribution is 9.10. The SMILES string of the molecule is O=C(C1=C(c2ccccc2)OC(=O)C2(CCCC2)C1c1cccc(Br)c1)c1ccccc1. The summed E-state index contributed by atoms with van der Waals surface area (Å²) in [6.45, 7) is 0. The number of esters is 1. The van der Waals surface area contributed by atoms with Crippen molar-refractivity contribution in [2.45, 2.75) is 31.6 Å². The number of halogens is 1. The summed E-state index contributed by atoms with van der Waals surface area (Å²) >= 11 is 3.59. The van der Waals surface area contributed by atoms with Crippen LogP contribution >= 0.6 is 15.9 Å². The molecule has 0 N–H and O–H groups in total. The van der Waals surface area contributed by atoms with Crippen LogP contribution in [0.5, 0.6) is 0 Å². The standard InChI is InChI=1S/C28H23BrO3/c29-22-15-9-14-21(18-22)24-23(25(30)19-10-3-1-4-11-19)26(20-12-5-2-6-13-20)32-27(31)28(24)16-7-8-17-28/h1-6,9-15,18,24H,7-8,16-17H2. The summed E-state index contributed by atoms with van der Waals surface area (Å²) in [6, 6.07) is 26.8. The van der Waals surface area contributed by atoms with Crippen molar-refractivity contribution in [3.8, 4) is 0 Å². The monoisotopic (exact) mass is 486 g/mol. The first-order valence-electron chi connectivity index (χ1n) is 11.0. The van der Waals surface area contributed by atoms with Gasteiger partial charge in [0, 0.05) is 21.5 Å². The Morgan fingerprint density at radius 3 is 2.19 bits per heavy atom. The summed E-state index contributed by atoms with van der Waals surface area (Å²) in [4.78, 5) is 27.6. The van der Waals surface area contributed by atoms with Crippen molar-refractivity contribution in [3.05, 3.63) is 112 Å². The normalized spacial score (nSPS) is 19.8. The van der Waals surface area contributed by atoms with Gasteiger partial charge < -0.3 is 4.74 Å². The molecular formula is C28H23BrO3. The topological polar surface area (TPSA) is 43.4 Å². The predicted octanol–water partition coefficient (Wildman–Crippen LogP) is 6.94. The largest absolute Gasteiger partial charge is 0.425 e. The second-order valence-corrected chi connectivity index (χ2v) is 9.46. The summed E-state index contributed by atoms with van der Waals surface area (Å²) in [5.74, 6) is -0.296. The van der Waals surface area contributed by atoms with E-state index in [0.29, 0.717) is 16.9 Å². The third-order valence-corrected chi connectivity index (χ3v) is 7.17. The molecule has 1 aliphatic carbocycles. The fraction of sp³-hybridized carbons (Fsp3) is 0.214. The van der Waals surface area contributed by atoms with Gasteiger partial charge in [-0.05, 0) is 30.5 Å². The number of hydrogen-bond acceptors (Lipinski definition) is 3. The molecule has 3 nitrogen and oxygen atoms in total. The fourth-order valence-electron chi connectivity index (χ4n) is 5.23. The molecule has 1 spiro atoms. The number of ether oxygens (including phenoxy) is 1. The lowest BCUT2D eigenvalue weighted by atomic mass is 9.64. The molecular weight excluding hydrogens is 464 g/mol. The van der Waals surface area contributed by atoms with E-state index in [9.17, 15) is 9.59 Å². The third kappa shape index (κ3) is 3.53. The van der Waals surface area contributed by atoms with Crippen molar-refractivity contribution in [3.63, 3.8) is 0 Å². The Hall–Kier alpha value is -2.98. The first-order chi connectivity index (χ1) is 15.6. The minimum atomic E-state index is -0.723. The predicted molar refractivity (Wildman–Crippen MR) is 128 cm³/mol. The van der Waals surface area contributed by atoms with Gasteiger partial charge in [0.1, 0.15) is 5.76 Å². The van der Waals surface area contributed by atoms with Crippen molar-refractivity contribution < 1.29 is 14.3 Å². The number of benzene rings is 3. The summed E-state index contributed by atoms with van der Waals surface area (Å²) in [5, 5.41) is 0. The molecule has 5 rings (SSSR count). The third-order valence-electron chi connectivity index (χ3n) is 6.68. The summed E-state index contributed by atoms with van der Waals surface area (Å²) in [7, 11) is 0. The zero-order valence-corrected chi connectivity index (χ0v) is 19.2. The molecule has 0 radical (unpaired) electrons. The second-order valence-electron chi connectivity index (χ2n) is 8.54. The van der Waals surface area contributed by atoms with Crippen molar-refractivity contribution in [2.75, 3.05) is 0 Å². The van der Waals surface area contributed by atoms with Crippen LogP contribution in [0.2, 0.25) is 0 Å². The molecule has 1 saturated carbocycles. The molecule has 1 aliphatic heterocycles. The minimum Gasteiger partial charge on any atom is -0.425 e. The molecule has 32 heavy (non-hydrogen) atoms. The number of carbonyl (C=O) groups excluding carboxylic acids is 2. The van der Waals surface area contributed by atoms with Crippen LogP contribution in [0.4, 0.5) is 0 Å². The molecule has 0 aromatic heterocycles. The van der Waals surface area contributed by atoms with Crippen molar-refractivity contribution in [1.82, 2.24) is 0 Å². The zero-order chi connectivity index (χ0) is 22.1. The Morgan fingerprint density at radius 1 is 0.875 bits per heavy atom. The molecule has 2 aliphatic rings. The number of Topliss-reactive ketones (excluding diaryl/α,β-unsaturated/α-hetero) is 1. The fourth-order valence-corrected chi connectivity index (χ4v) is 5.65. The average Bonchev–Trinajstić information content (AvgIpc) is 3.31. The Balaban J connectivity index is 1.81. The van der Waals surface area contributed by atoms with E-state index < -0.39 is 5.41 Å². The molecule has 1 atom stereocenters. The van der Waals surface area contributed by atoms with Crippen LogP contribution < -0.4 is 0 Å². The van der Waals surface area contributed by atoms with Crippen LogP contribution in [0.15, 0.2) is 95.0 Å². The smallest absolute Gasteiger partial charge is 0.318 e. The van der Waals surface area contributed by atoms with E-state index in [1.807, 2.05) is 84.9 Å². The van der Waals surface area contributed by atoms with Gasteiger partial charge in [0.05, 0.1) is 11.0 Å². The maximum atomic E-state index is 14.0. The molecule has 1 heterocycles. The maximum Gasteiger partial charge on any atom is 0.318 e. The number of allylic oxidation sites excluding steroid dienone is 1. The van der Waals surface area contributed by atoms with Gasteiger partial charge in [-0.25, -0.2) is 0 Å². The molecule has 0 saturated heterocycles. The number of rotatable bonds is 4. The highest BCUT2D eigenvalue weighted by Gasteiger charge is 2.56. The number of cyclic esters (lactones) is 1. The van der Waals surface area contributed by atoms with Crippen LogP contribution in [0.25, 0.3) is 5.76 Å². The molecule has 160 valence electrons. The first-order valence-corrected chi connectivity index (χ1v) is 11.8. The van der Waals surface area contributed by atoms with Gasteiger partial charge in [-0.2, -0.15) is 0 Å². The van der Waals surface area contributed by atoms with Crippen molar-refractivity contribution in [2.24, 2.45) is 5.41 Å². The first kappa shape index (κ1) is 20.9. The summed E-state index contributed by atoms with van der Waals surface area (Å²) < 4.78 is 6.98. The molecule has 0 amide bonds. The highest BCUT2D eigenvalue weighted by Crippen LogP contribution is 2.57. The summed E-state index contributed by atoms with van der Waals surface area (Å²) in [6.07, 6.45) is 3.34. The van der Waals surface area contributed by atoms with Crippen LogP contribution in [0.1, 0.15) is 53.1 Å². The van der Waals surface area contributed by atoms with E-state index in [-0.39, 0.29) is 17.7 Å². The van der Waals surface area contributed by atoms with E-state index in [1.54, 1.807) is 0 Å². The van der Waals surface area contributed by atoms with Crippen molar-refractivity contribution >= 4 is 33.4 Å². The number of carbonyl (C=O) groups is 2. The van der Waals surface area contributed by atoms with E-state index >= 15 is 0 Å². The van der Waals surface area contributed by atoms with Gasteiger partial charge in [-0.1, -0.05) is 102 Å². The van der Waals surface area contributed by atoms with Gasteiger partial charge in [0.15, 0.2) is 5.78 Å². The molecule has 3 aromatic carbocycles. The van der Waals surface area contributed by atoms with E-state index in [2.05, 4.69) is 15.9 Å². The average molecular weight is 487 g/mol. The summed E-state index contributed by atoms with van der Waals surface area (Å²) in [5.41, 5.74) is 2.15. The Labute approximate surface area is 196 Å². The van der Waals surface area contributed by atoms with Crippen LogP contribution in [-0.2, 0) is 9.53 Å². The van der Waals surface area contributed by atoms with Gasteiger partial charge in [-0.15, -0.1) is 0 Å². The lowest BCUT2D eigenvalue weighted by molar-refractivity contribution is -0.150. The van der Waals surface area contributed by atoms with Gasteiger partial charge in [0.2, 0.25) is 0 Å². The van der Waals surface area contributed by atoms with Gasteiger partial charge in [0.25, 0.3) is 0 Å². The highest BCUT2D eigenvalue weighted by atomic mass is 79.9. The van der Waals surface area contributed by atoms with Crippen LogP contribution in [-0.4, -0.2) is 11.8 Å². The maximum absolute atomic E-state index is 14.0. The molecule has 4 heteroatoms. The van der Waals surface area contributed by atoms with Crippen molar-refractivity contribution in [1.29, 1.82) is 0 Å². The molecule has 0 bridgehead atoms. The van der Waals surface area contributed by atoms with Gasteiger partial charge in [-0.3, -0.25) is 9.59 Å². The number of hydrogen-bond donors (Lipinski definition) is 0. The van der Waals surface area contributed by atoms with Gasteiger partial charge >= 0.3 is 5.97 Å².